The molecular weight excluding hydrogens is 244 g/mol. The molecule has 1 N–H and O–H groups in total. The molecule has 0 aliphatic carbocycles. The minimum absolute atomic E-state index is 0.118. The highest BCUT2D eigenvalue weighted by molar-refractivity contribution is 5.88. The molecule has 2 heterocycles. The summed E-state index contributed by atoms with van der Waals surface area (Å²) in [6.45, 7) is 2.36. The Hall–Kier alpha value is -1.91. The Balaban J connectivity index is 2.16. The van der Waals surface area contributed by atoms with Crippen molar-refractivity contribution < 1.29 is 14.7 Å². The van der Waals surface area contributed by atoms with Crippen LogP contribution in [0.2, 0.25) is 0 Å². The van der Waals surface area contributed by atoms with E-state index in [0.717, 1.165) is 12.0 Å². The molecule has 1 atom stereocenters. The number of amides is 1. The van der Waals surface area contributed by atoms with E-state index < -0.39 is 11.5 Å². The molecule has 1 unspecified atom stereocenters. The fraction of sp³-hybridized carbons (Fsp3) is 0.500. The Labute approximate surface area is 112 Å². The van der Waals surface area contributed by atoms with Crippen molar-refractivity contribution in [1.82, 2.24) is 9.88 Å². The first-order valence-corrected chi connectivity index (χ1v) is 6.53. The molecular formula is C14H18N2O3. The molecule has 1 aromatic heterocycles. The lowest BCUT2D eigenvalue weighted by molar-refractivity contribution is -0.156. The molecule has 5 nitrogen and oxygen atoms in total. The predicted octanol–water partition coefficient (Wildman–Crippen LogP) is 1.48. The average molecular weight is 262 g/mol. The monoisotopic (exact) mass is 262 g/mol. The summed E-state index contributed by atoms with van der Waals surface area (Å²) in [6, 6.07) is 3.56. The number of hydrogen-bond acceptors (Lipinski definition) is 3. The summed E-state index contributed by atoms with van der Waals surface area (Å²) in [4.78, 5) is 29.3. The fourth-order valence-corrected chi connectivity index (χ4v) is 2.75. The third kappa shape index (κ3) is 2.45. The summed E-state index contributed by atoms with van der Waals surface area (Å²) < 4.78 is 0. The number of likely N-dealkylation sites (tertiary alicyclic amines) is 1. The van der Waals surface area contributed by atoms with Crippen LogP contribution in [0.4, 0.5) is 0 Å². The molecule has 1 aliphatic heterocycles. The smallest absolute Gasteiger partial charge is 0.329 e. The van der Waals surface area contributed by atoms with Gasteiger partial charge in [-0.3, -0.25) is 9.78 Å². The maximum absolute atomic E-state index is 12.3. The number of aromatic nitrogens is 1. The van der Waals surface area contributed by atoms with Crippen molar-refractivity contribution in [2.24, 2.45) is 0 Å². The Kier molecular flexibility index (Phi) is 3.83. The van der Waals surface area contributed by atoms with Gasteiger partial charge in [-0.2, -0.15) is 0 Å². The number of carbonyl (C=O) groups excluding carboxylic acids is 1. The van der Waals surface area contributed by atoms with E-state index in [-0.39, 0.29) is 12.3 Å². The molecule has 5 heteroatoms. The predicted molar refractivity (Wildman–Crippen MR) is 69.5 cm³/mol. The van der Waals surface area contributed by atoms with Crippen LogP contribution in [-0.2, 0) is 16.0 Å². The molecule has 1 saturated heterocycles. The zero-order valence-electron chi connectivity index (χ0n) is 11.0. The van der Waals surface area contributed by atoms with Crippen LogP contribution in [0.5, 0.6) is 0 Å². The van der Waals surface area contributed by atoms with Crippen molar-refractivity contribution in [3.05, 3.63) is 30.1 Å². The lowest BCUT2D eigenvalue weighted by atomic mass is 9.92. The molecule has 1 aliphatic rings. The summed E-state index contributed by atoms with van der Waals surface area (Å²) in [6.07, 6.45) is 5.25. The number of rotatable bonds is 4. The molecule has 0 saturated carbocycles. The molecule has 1 aromatic rings. The van der Waals surface area contributed by atoms with E-state index in [0.29, 0.717) is 19.4 Å². The zero-order valence-corrected chi connectivity index (χ0v) is 11.0. The van der Waals surface area contributed by atoms with E-state index in [1.165, 1.54) is 4.90 Å². The Bertz CT molecular complexity index is 475. The number of carbonyl (C=O) groups is 2. The van der Waals surface area contributed by atoms with Gasteiger partial charge in [-0.25, -0.2) is 4.79 Å². The number of aliphatic carboxylic acids is 1. The van der Waals surface area contributed by atoms with Crippen LogP contribution in [0.3, 0.4) is 0 Å². The molecule has 1 amide bonds. The van der Waals surface area contributed by atoms with Crippen LogP contribution in [-0.4, -0.2) is 39.0 Å². The summed E-state index contributed by atoms with van der Waals surface area (Å²) in [5.74, 6) is -1.01. The van der Waals surface area contributed by atoms with E-state index in [2.05, 4.69) is 4.98 Å². The number of carboxylic acids is 1. The third-order valence-electron chi connectivity index (χ3n) is 3.88. The number of nitrogens with zero attached hydrogens (tertiary/aromatic N) is 2. The first kappa shape index (κ1) is 13.5. The van der Waals surface area contributed by atoms with Crippen molar-refractivity contribution in [2.45, 2.75) is 38.1 Å². The molecule has 0 bridgehead atoms. The number of hydrogen-bond donors (Lipinski definition) is 1. The minimum Gasteiger partial charge on any atom is -0.479 e. The highest BCUT2D eigenvalue weighted by Gasteiger charge is 2.48. The highest BCUT2D eigenvalue weighted by Crippen LogP contribution is 2.33. The maximum atomic E-state index is 12.3. The first-order valence-electron chi connectivity index (χ1n) is 6.53. The van der Waals surface area contributed by atoms with Crippen molar-refractivity contribution in [3.8, 4) is 0 Å². The van der Waals surface area contributed by atoms with E-state index in [9.17, 15) is 14.7 Å². The lowest BCUT2D eigenvalue weighted by Crippen LogP contribution is -2.53. The van der Waals surface area contributed by atoms with E-state index in [1.807, 2.05) is 6.92 Å². The number of pyridine rings is 1. The summed E-state index contributed by atoms with van der Waals surface area (Å²) >= 11 is 0. The molecule has 102 valence electrons. The van der Waals surface area contributed by atoms with Gasteiger partial charge in [0.2, 0.25) is 5.91 Å². The van der Waals surface area contributed by atoms with Gasteiger partial charge < -0.3 is 10.0 Å². The summed E-state index contributed by atoms with van der Waals surface area (Å²) in [5, 5.41) is 9.45. The van der Waals surface area contributed by atoms with E-state index >= 15 is 0 Å². The van der Waals surface area contributed by atoms with Gasteiger partial charge in [0.15, 0.2) is 0 Å². The topological polar surface area (TPSA) is 70.5 Å². The quantitative estimate of drug-likeness (QED) is 0.892. The SMILES string of the molecule is CCC1(C(=O)O)CCCN1C(=O)Cc1ccncc1. The van der Waals surface area contributed by atoms with Crippen LogP contribution < -0.4 is 0 Å². The standard InChI is InChI=1S/C14H18N2O3/c1-2-14(13(18)19)6-3-9-16(14)12(17)10-11-4-7-15-8-5-11/h4-5,7-8H,2-3,6,9-10H2,1H3,(H,18,19). The van der Waals surface area contributed by atoms with E-state index in [1.54, 1.807) is 24.5 Å². The van der Waals surface area contributed by atoms with E-state index in [4.69, 9.17) is 0 Å². The second kappa shape index (κ2) is 5.38. The van der Waals surface area contributed by atoms with Gasteiger partial charge in [-0.05, 0) is 37.0 Å². The number of carboxylic acid groups (broad SMARTS) is 1. The third-order valence-corrected chi connectivity index (χ3v) is 3.88. The fourth-order valence-electron chi connectivity index (χ4n) is 2.75. The van der Waals surface area contributed by atoms with Gasteiger partial charge in [-0.15, -0.1) is 0 Å². The van der Waals surface area contributed by atoms with Crippen molar-refractivity contribution in [2.75, 3.05) is 6.54 Å². The van der Waals surface area contributed by atoms with Crippen LogP contribution in [0.25, 0.3) is 0 Å². The molecule has 0 spiro atoms. The maximum Gasteiger partial charge on any atom is 0.329 e. The molecule has 2 rings (SSSR count). The lowest BCUT2D eigenvalue weighted by Gasteiger charge is -2.34. The van der Waals surface area contributed by atoms with Gasteiger partial charge >= 0.3 is 5.97 Å². The molecule has 1 fully saturated rings. The Morgan fingerprint density at radius 2 is 2.11 bits per heavy atom. The van der Waals surface area contributed by atoms with Gasteiger partial charge in [0.1, 0.15) is 5.54 Å². The molecule has 0 aromatic carbocycles. The van der Waals surface area contributed by atoms with Crippen molar-refractivity contribution in [3.63, 3.8) is 0 Å². The van der Waals surface area contributed by atoms with Crippen LogP contribution in [0.15, 0.2) is 24.5 Å². The van der Waals surface area contributed by atoms with Crippen molar-refractivity contribution >= 4 is 11.9 Å². The van der Waals surface area contributed by atoms with Gasteiger partial charge in [0.25, 0.3) is 0 Å². The second-order valence-corrected chi connectivity index (χ2v) is 4.87. The average Bonchev–Trinajstić information content (AvgIpc) is 2.85. The Morgan fingerprint density at radius 3 is 2.68 bits per heavy atom. The van der Waals surface area contributed by atoms with Gasteiger partial charge in [0.05, 0.1) is 6.42 Å². The minimum atomic E-state index is -1.01. The summed E-state index contributed by atoms with van der Waals surface area (Å²) in [7, 11) is 0. The second-order valence-electron chi connectivity index (χ2n) is 4.87. The molecule has 19 heavy (non-hydrogen) atoms. The van der Waals surface area contributed by atoms with Crippen molar-refractivity contribution in [1.29, 1.82) is 0 Å². The highest BCUT2D eigenvalue weighted by atomic mass is 16.4. The van der Waals surface area contributed by atoms with Gasteiger partial charge in [0, 0.05) is 18.9 Å². The van der Waals surface area contributed by atoms with Gasteiger partial charge in [-0.1, -0.05) is 6.92 Å². The summed E-state index contributed by atoms with van der Waals surface area (Å²) in [5.41, 5.74) is -0.147. The Morgan fingerprint density at radius 1 is 1.42 bits per heavy atom. The normalized spacial score (nSPS) is 22.5. The largest absolute Gasteiger partial charge is 0.479 e. The van der Waals surface area contributed by atoms with Crippen LogP contribution in [0, 0.1) is 0 Å². The zero-order chi connectivity index (χ0) is 13.9. The van der Waals surface area contributed by atoms with Crippen LogP contribution >= 0.6 is 0 Å². The first-order chi connectivity index (χ1) is 9.10. The molecule has 0 radical (unpaired) electrons. The van der Waals surface area contributed by atoms with Crippen LogP contribution in [0.1, 0.15) is 31.7 Å².